The topological polar surface area (TPSA) is 39.7 Å². The summed E-state index contributed by atoms with van der Waals surface area (Å²) in [6.45, 7) is 15.0. The lowest BCUT2D eigenvalue weighted by Crippen LogP contribution is -2.20. The zero-order chi connectivity index (χ0) is 14.4. The van der Waals surface area contributed by atoms with E-state index in [1.807, 2.05) is 0 Å². The summed E-state index contributed by atoms with van der Waals surface area (Å²) in [7, 11) is 0. The normalized spacial score (nSPS) is 12.0. The smallest absolute Gasteiger partial charge is 0.0701 e. The number of likely N-dealkylation sites (N-methyl/N-ethyl adjacent to an activating group) is 1. The number of rotatable bonds is 13. The van der Waals surface area contributed by atoms with Crippen LogP contribution in [0, 0.1) is 5.41 Å². The quantitative estimate of drug-likeness (QED) is 0.524. The van der Waals surface area contributed by atoms with Gasteiger partial charge in [-0.05, 0) is 24.8 Å². The van der Waals surface area contributed by atoms with Gasteiger partial charge in [0.15, 0.2) is 0 Å². The highest BCUT2D eigenvalue weighted by Crippen LogP contribution is 2.20. The van der Waals surface area contributed by atoms with Crippen LogP contribution in [0.1, 0.15) is 40.5 Å². The van der Waals surface area contributed by atoms with Crippen molar-refractivity contribution in [1.29, 1.82) is 0 Å². The number of hydrogen-bond acceptors (Lipinski definition) is 4. The van der Waals surface area contributed by atoms with Gasteiger partial charge in [-0.2, -0.15) is 0 Å². The lowest BCUT2D eigenvalue weighted by Gasteiger charge is -2.17. The van der Waals surface area contributed by atoms with E-state index in [1.165, 1.54) is 6.42 Å². The molecule has 0 amide bonds. The molecule has 4 nitrogen and oxygen atoms in total. The van der Waals surface area contributed by atoms with Crippen molar-refractivity contribution in [2.45, 2.75) is 40.5 Å². The minimum atomic E-state index is 0.407. The molecule has 0 atom stereocenters. The first kappa shape index (κ1) is 18.8. The Hall–Kier alpha value is -0.160. The van der Waals surface area contributed by atoms with Crippen molar-refractivity contribution < 1.29 is 14.2 Å². The third-order valence-corrected chi connectivity index (χ3v) is 2.63. The molecule has 0 radical (unpaired) electrons. The maximum absolute atomic E-state index is 5.51. The predicted octanol–water partition coefficient (Wildman–Crippen LogP) is 2.47. The molecule has 19 heavy (non-hydrogen) atoms. The number of ether oxygens (including phenoxy) is 3. The molecule has 0 unspecified atom stereocenters. The molecule has 0 heterocycles. The van der Waals surface area contributed by atoms with Gasteiger partial charge in [0.25, 0.3) is 0 Å². The van der Waals surface area contributed by atoms with Crippen molar-refractivity contribution in [1.82, 2.24) is 5.32 Å². The Labute approximate surface area is 119 Å². The van der Waals surface area contributed by atoms with E-state index in [0.717, 1.165) is 32.7 Å². The molecule has 0 spiro atoms. The molecule has 0 bridgehead atoms. The zero-order valence-corrected chi connectivity index (χ0v) is 13.3. The maximum atomic E-state index is 5.51. The second-order valence-corrected chi connectivity index (χ2v) is 5.85. The van der Waals surface area contributed by atoms with E-state index in [0.29, 0.717) is 31.8 Å². The molecule has 0 saturated carbocycles. The van der Waals surface area contributed by atoms with Crippen LogP contribution in [0.2, 0.25) is 0 Å². The average Bonchev–Trinajstić information content (AvgIpc) is 2.34. The molecule has 0 aromatic carbocycles. The fraction of sp³-hybridized carbons (Fsp3) is 1.00. The van der Waals surface area contributed by atoms with Crippen molar-refractivity contribution in [3.8, 4) is 0 Å². The fourth-order valence-corrected chi connectivity index (χ4v) is 1.57. The Balaban J connectivity index is 2.99. The SMILES string of the molecule is CCNCCOCCOCCOCCCC(C)(C)C. The minimum Gasteiger partial charge on any atom is -0.379 e. The average molecular weight is 275 g/mol. The second-order valence-electron chi connectivity index (χ2n) is 5.85. The molecule has 0 fully saturated rings. The first-order valence-electron chi connectivity index (χ1n) is 7.50. The van der Waals surface area contributed by atoms with Crippen molar-refractivity contribution in [2.24, 2.45) is 5.41 Å². The van der Waals surface area contributed by atoms with Crippen LogP contribution in [-0.2, 0) is 14.2 Å². The summed E-state index contributed by atoms with van der Waals surface area (Å²) in [4.78, 5) is 0. The summed E-state index contributed by atoms with van der Waals surface area (Å²) in [6.07, 6.45) is 2.32. The second kappa shape index (κ2) is 12.9. The van der Waals surface area contributed by atoms with E-state index in [2.05, 4.69) is 33.0 Å². The van der Waals surface area contributed by atoms with E-state index in [-0.39, 0.29) is 0 Å². The van der Waals surface area contributed by atoms with Crippen LogP contribution in [-0.4, -0.2) is 52.7 Å². The molecule has 0 aromatic rings. The van der Waals surface area contributed by atoms with E-state index in [9.17, 15) is 0 Å². The van der Waals surface area contributed by atoms with E-state index >= 15 is 0 Å². The van der Waals surface area contributed by atoms with Crippen molar-refractivity contribution in [2.75, 3.05) is 52.7 Å². The molecule has 116 valence electrons. The van der Waals surface area contributed by atoms with Gasteiger partial charge in [-0.25, -0.2) is 0 Å². The molecular formula is C15H33NO3. The summed E-state index contributed by atoms with van der Waals surface area (Å²) < 4.78 is 16.3. The van der Waals surface area contributed by atoms with Gasteiger partial charge >= 0.3 is 0 Å². The molecule has 0 aliphatic heterocycles. The maximum Gasteiger partial charge on any atom is 0.0701 e. The Morgan fingerprint density at radius 1 is 0.789 bits per heavy atom. The summed E-state index contributed by atoms with van der Waals surface area (Å²) in [6, 6.07) is 0. The van der Waals surface area contributed by atoms with Crippen LogP contribution >= 0.6 is 0 Å². The number of nitrogens with one attached hydrogen (secondary N) is 1. The largest absolute Gasteiger partial charge is 0.379 e. The lowest BCUT2D eigenvalue weighted by atomic mass is 9.91. The lowest BCUT2D eigenvalue weighted by molar-refractivity contribution is 0.0136. The summed E-state index contributed by atoms with van der Waals surface area (Å²) in [5.41, 5.74) is 0.407. The molecule has 4 heteroatoms. The molecule has 0 aliphatic carbocycles. The Kier molecular flexibility index (Phi) is 12.7. The monoisotopic (exact) mass is 275 g/mol. The van der Waals surface area contributed by atoms with Crippen molar-refractivity contribution >= 4 is 0 Å². The summed E-state index contributed by atoms with van der Waals surface area (Å²) in [5.74, 6) is 0. The van der Waals surface area contributed by atoms with Crippen LogP contribution in [0.25, 0.3) is 0 Å². The Bertz CT molecular complexity index is 181. The first-order chi connectivity index (χ1) is 9.06. The van der Waals surface area contributed by atoms with Crippen LogP contribution in [0.15, 0.2) is 0 Å². The van der Waals surface area contributed by atoms with Crippen LogP contribution in [0.3, 0.4) is 0 Å². The van der Waals surface area contributed by atoms with E-state index < -0.39 is 0 Å². The van der Waals surface area contributed by atoms with E-state index in [4.69, 9.17) is 14.2 Å². The third-order valence-electron chi connectivity index (χ3n) is 2.63. The molecule has 0 aromatic heterocycles. The molecular weight excluding hydrogens is 242 g/mol. The van der Waals surface area contributed by atoms with Gasteiger partial charge in [0.1, 0.15) is 0 Å². The fourth-order valence-electron chi connectivity index (χ4n) is 1.57. The first-order valence-corrected chi connectivity index (χ1v) is 7.50. The van der Waals surface area contributed by atoms with Gasteiger partial charge in [-0.1, -0.05) is 27.7 Å². The Morgan fingerprint density at radius 2 is 1.32 bits per heavy atom. The van der Waals surface area contributed by atoms with Gasteiger partial charge in [-0.15, -0.1) is 0 Å². The molecule has 0 rings (SSSR count). The van der Waals surface area contributed by atoms with Gasteiger partial charge in [0, 0.05) is 13.2 Å². The molecule has 0 saturated heterocycles. The highest BCUT2D eigenvalue weighted by atomic mass is 16.5. The van der Waals surface area contributed by atoms with Crippen LogP contribution in [0.4, 0.5) is 0 Å². The van der Waals surface area contributed by atoms with Crippen molar-refractivity contribution in [3.05, 3.63) is 0 Å². The van der Waals surface area contributed by atoms with Gasteiger partial charge in [0.2, 0.25) is 0 Å². The summed E-state index contributed by atoms with van der Waals surface area (Å²) >= 11 is 0. The van der Waals surface area contributed by atoms with Gasteiger partial charge in [0.05, 0.1) is 33.0 Å². The minimum absolute atomic E-state index is 0.407. The van der Waals surface area contributed by atoms with E-state index in [1.54, 1.807) is 0 Å². The highest BCUT2D eigenvalue weighted by Gasteiger charge is 2.08. The summed E-state index contributed by atoms with van der Waals surface area (Å²) in [5, 5.41) is 3.20. The third kappa shape index (κ3) is 17.8. The van der Waals surface area contributed by atoms with Crippen LogP contribution < -0.4 is 5.32 Å². The molecule has 1 N–H and O–H groups in total. The predicted molar refractivity (Wildman–Crippen MR) is 79.7 cm³/mol. The standard InChI is InChI=1S/C15H33NO3/c1-5-16-8-10-18-12-14-19-13-11-17-9-6-7-15(2,3)4/h16H,5-14H2,1-4H3. The highest BCUT2D eigenvalue weighted by molar-refractivity contribution is 4.60. The van der Waals surface area contributed by atoms with Crippen molar-refractivity contribution in [3.63, 3.8) is 0 Å². The van der Waals surface area contributed by atoms with Gasteiger partial charge in [-0.3, -0.25) is 0 Å². The number of hydrogen-bond donors (Lipinski definition) is 1. The van der Waals surface area contributed by atoms with Crippen LogP contribution in [0.5, 0.6) is 0 Å². The Morgan fingerprint density at radius 3 is 1.84 bits per heavy atom. The zero-order valence-electron chi connectivity index (χ0n) is 13.3. The molecule has 0 aliphatic rings. The van der Waals surface area contributed by atoms with Gasteiger partial charge < -0.3 is 19.5 Å².